The van der Waals surface area contributed by atoms with Crippen LogP contribution in [0.1, 0.15) is 23.0 Å². The zero-order chi connectivity index (χ0) is 18.8. The third kappa shape index (κ3) is 4.23. The van der Waals surface area contributed by atoms with E-state index in [1.165, 1.54) is 0 Å². The molecule has 0 aliphatic carbocycles. The number of rotatable bonds is 5. The molecule has 6 nitrogen and oxygen atoms in total. The van der Waals surface area contributed by atoms with Gasteiger partial charge in [-0.05, 0) is 40.5 Å². The van der Waals surface area contributed by atoms with E-state index in [4.69, 9.17) is 34.8 Å². The Morgan fingerprint density at radius 1 is 1.15 bits per heavy atom. The summed E-state index contributed by atoms with van der Waals surface area (Å²) in [7, 11) is 0. The summed E-state index contributed by atoms with van der Waals surface area (Å²) in [4.78, 5) is 12.4. The lowest BCUT2D eigenvalue weighted by atomic mass is 10.2. The van der Waals surface area contributed by atoms with Gasteiger partial charge in [-0.3, -0.25) is 14.2 Å². The van der Waals surface area contributed by atoms with Crippen LogP contribution >= 0.6 is 50.7 Å². The van der Waals surface area contributed by atoms with E-state index >= 15 is 0 Å². The minimum Gasteiger partial charge on any atom is -0.303 e. The third-order valence-corrected chi connectivity index (χ3v) is 5.00. The van der Waals surface area contributed by atoms with E-state index in [0.717, 1.165) is 5.56 Å². The monoisotopic (exact) mass is 475 g/mol. The van der Waals surface area contributed by atoms with Crippen molar-refractivity contribution >= 4 is 62.5 Å². The fourth-order valence-corrected chi connectivity index (χ4v) is 3.39. The first kappa shape index (κ1) is 19.2. The molecule has 3 aromatic rings. The van der Waals surface area contributed by atoms with Crippen LogP contribution in [0.4, 0.5) is 5.82 Å². The molecule has 1 N–H and O–H groups in total. The molecule has 0 aliphatic heterocycles. The number of nitrogens with zero attached hydrogens (tertiary/aromatic N) is 4. The zero-order valence-corrected chi connectivity index (χ0v) is 17.4. The molecule has 10 heteroatoms. The summed E-state index contributed by atoms with van der Waals surface area (Å²) in [5.74, 6) is -0.0696. The number of hydrogen-bond donors (Lipinski definition) is 1. The number of amides is 1. The summed E-state index contributed by atoms with van der Waals surface area (Å²) in [6.45, 7) is 2.95. The van der Waals surface area contributed by atoms with E-state index in [1.807, 2.05) is 13.0 Å². The normalized spacial score (nSPS) is 11.0. The number of nitrogens with one attached hydrogen (secondary N) is 1. The highest BCUT2D eigenvalue weighted by Gasteiger charge is 2.18. The Hall–Kier alpha value is -1.54. The molecule has 3 rings (SSSR count). The van der Waals surface area contributed by atoms with Crippen molar-refractivity contribution in [1.29, 1.82) is 0 Å². The lowest BCUT2D eigenvalue weighted by molar-refractivity contribution is 0.102. The standard InChI is InChI=1S/C16H13BrCl3N5O/c1-2-24-8-13(20)14(22-24)16(26)21-15-11(17)7-25(23-15)6-9-3-4-10(18)5-12(9)19/h3-5,7-8H,2,6H2,1H3,(H,21,23,26). The van der Waals surface area contributed by atoms with Crippen molar-refractivity contribution < 1.29 is 4.79 Å². The predicted octanol–water partition coefficient (Wildman–Crippen LogP) is 5.12. The Balaban J connectivity index is 1.77. The Kier molecular flexibility index (Phi) is 5.92. The van der Waals surface area contributed by atoms with Crippen LogP contribution in [-0.4, -0.2) is 25.5 Å². The summed E-state index contributed by atoms with van der Waals surface area (Å²) >= 11 is 21.5. The van der Waals surface area contributed by atoms with Crippen molar-refractivity contribution in [2.24, 2.45) is 0 Å². The van der Waals surface area contributed by atoms with Crippen LogP contribution in [0.3, 0.4) is 0 Å². The molecule has 1 amide bonds. The second-order valence-electron chi connectivity index (χ2n) is 5.39. The van der Waals surface area contributed by atoms with Crippen LogP contribution < -0.4 is 5.32 Å². The number of aromatic nitrogens is 4. The van der Waals surface area contributed by atoms with Gasteiger partial charge in [0.05, 0.1) is 16.0 Å². The molecule has 0 bridgehead atoms. The van der Waals surface area contributed by atoms with Gasteiger partial charge in [0, 0.05) is 29.0 Å². The molecule has 2 aromatic heterocycles. The highest BCUT2D eigenvalue weighted by molar-refractivity contribution is 9.10. The Bertz CT molecular complexity index is 969. The lowest BCUT2D eigenvalue weighted by Crippen LogP contribution is -2.15. The third-order valence-electron chi connectivity index (χ3n) is 3.55. The van der Waals surface area contributed by atoms with Crippen LogP contribution in [-0.2, 0) is 13.1 Å². The SMILES string of the molecule is CCn1cc(Cl)c(C(=O)Nc2nn(Cc3ccc(Cl)cc3Cl)cc2Br)n1. The number of benzene rings is 1. The second kappa shape index (κ2) is 8.00. The molecule has 0 radical (unpaired) electrons. The van der Waals surface area contributed by atoms with Crippen molar-refractivity contribution in [3.05, 3.63) is 61.4 Å². The van der Waals surface area contributed by atoms with E-state index in [1.54, 1.807) is 33.9 Å². The van der Waals surface area contributed by atoms with Crippen molar-refractivity contribution in [1.82, 2.24) is 19.6 Å². The van der Waals surface area contributed by atoms with E-state index in [2.05, 4.69) is 31.4 Å². The maximum absolute atomic E-state index is 12.4. The van der Waals surface area contributed by atoms with Gasteiger partial charge in [0.25, 0.3) is 5.91 Å². The van der Waals surface area contributed by atoms with Gasteiger partial charge < -0.3 is 5.32 Å². The van der Waals surface area contributed by atoms with Crippen molar-refractivity contribution in [3.63, 3.8) is 0 Å². The smallest absolute Gasteiger partial charge is 0.278 e. The molecule has 0 spiro atoms. The average molecular weight is 478 g/mol. The van der Waals surface area contributed by atoms with E-state index in [0.29, 0.717) is 33.4 Å². The fourth-order valence-electron chi connectivity index (χ4n) is 2.27. The van der Waals surface area contributed by atoms with Crippen LogP contribution in [0, 0.1) is 0 Å². The molecule has 2 heterocycles. The number of anilines is 1. The molecule has 0 atom stereocenters. The first-order valence-corrected chi connectivity index (χ1v) is 9.51. The van der Waals surface area contributed by atoms with Gasteiger partial charge in [0.2, 0.25) is 0 Å². The zero-order valence-electron chi connectivity index (χ0n) is 13.5. The summed E-state index contributed by atoms with van der Waals surface area (Å²) in [5, 5.41) is 12.6. The van der Waals surface area contributed by atoms with Gasteiger partial charge in [0.15, 0.2) is 11.5 Å². The summed E-state index contributed by atoms with van der Waals surface area (Å²) in [6, 6.07) is 5.26. The molecule has 26 heavy (non-hydrogen) atoms. The second-order valence-corrected chi connectivity index (χ2v) is 7.50. The van der Waals surface area contributed by atoms with Gasteiger partial charge in [-0.2, -0.15) is 10.2 Å². The summed E-state index contributed by atoms with van der Waals surface area (Å²) < 4.78 is 3.87. The molecule has 0 saturated carbocycles. The number of aryl methyl sites for hydroxylation is 1. The molecule has 0 fully saturated rings. The van der Waals surface area contributed by atoms with Crippen molar-refractivity contribution in [2.45, 2.75) is 20.0 Å². The first-order chi connectivity index (χ1) is 12.4. The molecule has 0 aliphatic rings. The van der Waals surface area contributed by atoms with Crippen LogP contribution in [0.5, 0.6) is 0 Å². The fraction of sp³-hybridized carbons (Fsp3) is 0.188. The van der Waals surface area contributed by atoms with E-state index in [9.17, 15) is 4.79 Å². The first-order valence-electron chi connectivity index (χ1n) is 7.58. The van der Waals surface area contributed by atoms with Gasteiger partial charge in [0.1, 0.15) is 0 Å². The lowest BCUT2D eigenvalue weighted by Gasteiger charge is -2.05. The molecular formula is C16H13BrCl3N5O. The maximum atomic E-state index is 12.4. The van der Waals surface area contributed by atoms with Crippen LogP contribution in [0.15, 0.2) is 35.1 Å². The molecule has 136 valence electrons. The minimum atomic E-state index is -0.433. The molecule has 1 aromatic carbocycles. The van der Waals surface area contributed by atoms with Crippen molar-refractivity contribution in [3.8, 4) is 0 Å². The topological polar surface area (TPSA) is 64.7 Å². The highest BCUT2D eigenvalue weighted by Crippen LogP contribution is 2.25. The van der Waals surface area contributed by atoms with E-state index in [-0.39, 0.29) is 10.7 Å². The number of halogens is 4. The van der Waals surface area contributed by atoms with Crippen LogP contribution in [0.25, 0.3) is 0 Å². The molecular weight excluding hydrogens is 464 g/mol. The number of hydrogen-bond acceptors (Lipinski definition) is 3. The Morgan fingerprint density at radius 3 is 2.58 bits per heavy atom. The number of carbonyl (C=O) groups excluding carboxylic acids is 1. The van der Waals surface area contributed by atoms with Crippen molar-refractivity contribution in [2.75, 3.05) is 5.32 Å². The highest BCUT2D eigenvalue weighted by atomic mass is 79.9. The maximum Gasteiger partial charge on any atom is 0.278 e. The van der Waals surface area contributed by atoms with Gasteiger partial charge in [-0.1, -0.05) is 40.9 Å². The molecule has 0 saturated heterocycles. The Labute approximate surface area is 173 Å². The summed E-state index contributed by atoms with van der Waals surface area (Å²) in [6.07, 6.45) is 3.35. The summed E-state index contributed by atoms with van der Waals surface area (Å²) in [5.41, 5.74) is 1.00. The minimum absolute atomic E-state index is 0.149. The predicted molar refractivity (Wildman–Crippen MR) is 106 cm³/mol. The average Bonchev–Trinajstić information content (AvgIpc) is 3.13. The van der Waals surface area contributed by atoms with Gasteiger partial charge in [-0.15, -0.1) is 0 Å². The van der Waals surface area contributed by atoms with Gasteiger partial charge >= 0.3 is 0 Å². The van der Waals surface area contributed by atoms with Crippen LogP contribution in [0.2, 0.25) is 15.1 Å². The largest absolute Gasteiger partial charge is 0.303 e. The quantitative estimate of drug-likeness (QED) is 0.555. The molecule has 0 unspecified atom stereocenters. The van der Waals surface area contributed by atoms with Gasteiger partial charge in [-0.25, -0.2) is 0 Å². The van der Waals surface area contributed by atoms with E-state index < -0.39 is 5.91 Å². The number of carbonyl (C=O) groups is 1. The Morgan fingerprint density at radius 2 is 1.92 bits per heavy atom.